The molecule has 0 amide bonds. The molecule has 0 saturated heterocycles. The van der Waals surface area contributed by atoms with E-state index in [2.05, 4.69) is 4.72 Å². The lowest BCUT2D eigenvalue weighted by atomic mass is 10.3. The van der Waals surface area contributed by atoms with E-state index in [4.69, 9.17) is 9.47 Å². The van der Waals surface area contributed by atoms with Gasteiger partial charge in [0, 0.05) is 13.2 Å². The zero-order valence-corrected chi connectivity index (χ0v) is 11.2. The molecular formula is C11H15F2NO4S. The highest BCUT2D eigenvalue weighted by atomic mass is 32.2. The van der Waals surface area contributed by atoms with Gasteiger partial charge in [-0.15, -0.1) is 0 Å². The predicted octanol–water partition coefficient (Wildman–Crippen LogP) is 1.37. The molecule has 108 valence electrons. The third-order valence-electron chi connectivity index (χ3n) is 2.12. The number of halogens is 2. The summed E-state index contributed by atoms with van der Waals surface area (Å²) in [5.41, 5.74) is -0.0317. The van der Waals surface area contributed by atoms with Crippen molar-refractivity contribution < 1.29 is 26.7 Å². The summed E-state index contributed by atoms with van der Waals surface area (Å²) in [7, 11) is -2.15. The number of hydrogen-bond acceptors (Lipinski definition) is 4. The number of benzene rings is 1. The van der Waals surface area contributed by atoms with Crippen LogP contribution in [0, 0.1) is 11.6 Å². The van der Waals surface area contributed by atoms with Gasteiger partial charge in [0.15, 0.2) is 11.6 Å². The van der Waals surface area contributed by atoms with Gasteiger partial charge in [-0.1, -0.05) is 0 Å². The second kappa shape index (κ2) is 7.37. The van der Waals surface area contributed by atoms with E-state index < -0.39 is 21.7 Å². The maximum atomic E-state index is 12.9. The highest BCUT2D eigenvalue weighted by Gasteiger charge is 2.12. The number of ether oxygens (including phenoxy) is 2. The molecule has 0 bridgehead atoms. The Labute approximate surface area is 110 Å². The quantitative estimate of drug-likeness (QED) is 0.736. The number of anilines is 1. The van der Waals surface area contributed by atoms with Crippen LogP contribution in [-0.4, -0.2) is 41.1 Å². The maximum Gasteiger partial charge on any atom is 0.235 e. The second-order valence-electron chi connectivity index (χ2n) is 3.65. The SMILES string of the molecule is COCCOCCS(=O)(=O)Nc1ccc(F)c(F)c1. The fraction of sp³-hybridized carbons (Fsp3) is 0.455. The van der Waals surface area contributed by atoms with E-state index in [0.717, 1.165) is 18.2 Å². The van der Waals surface area contributed by atoms with E-state index in [0.29, 0.717) is 6.61 Å². The summed E-state index contributed by atoms with van der Waals surface area (Å²) in [4.78, 5) is 0. The Balaban J connectivity index is 2.47. The normalized spacial score (nSPS) is 11.5. The summed E-state index contributed by atoms with van der Waals surface area (Å²) in [6.45, 7) is 0.649. The lowest BCUT2D eigenvalue weighted by Crippen LogP contribution is -2.21. The van der Waals surface area contributed by atoms with Crippen molar-refractivity contribution in [2.45, 2.75) is 0 Å². The van der Waals surface area contributed by atoms with E-state index in [1.165, 1.54) is 7.11 Å². The first-order chi connectivity index (χ1) is 8.94. The van der Waals surface area contributed by atoms with Crippen molar-refractivity contribution in [1.82, 2.24) is 0 Å². The summed E-state index contributed by atoms with van der Waals surface area (Å²) in [5.74, 6) is -2.43. The average molecular weight is 295 g/mol. The van der Waals surface area contributed by atoms with Gasteiger partial charge < -0.3 is 9.47 Å². The Morgan fingerprint density at radius 1 is 1.16 bits per heavy atom. The lowest BCUT2D eigenvalue weighted by Gasteiger charge is -2.08. The average Bonchev–Trinajstić information content (AvgIpc) is 2.33. The first-order valence-corrected chi connectivity index (χ1v) is 7.12. The van der Waals surface area contributed by atoms with E-state index >= 15 is 0 Å². The molecule has 0 aromatic heterocycles. The fourth-order valence-electron chi connectivity index (χ4n) is 1.20. The van der Waals surface area contributed by atoms with Crippen molar-refractivity contribution in [2.24, 2.45) is 0 Å². The molecule has 0 fully saturated rings. The second-order valence-corrected chi connectivity index (χ2v) is 5.50. The number of rotatable bonds is 8. The summed E-state index contributed by atoms with van der Waals surface area (Å²) >= 11 is 0. The van der Waals surface area contributed by atoms with Gasteiger partial charge in [-0.3, -0.25) is 4.72 Å². The van der Waals surface area contributed by atoms with Gasteiger partial charge in [0.25, 0.3) is 0 Å². The summed E-state index contributed by atoms with van der Waals surface area (Å²) in [6.07, 6.45) is 0. The highest BCUT2D eigenvalue weighted by Crippen LogP contribution is 2.14. The largest absolute Gasteiger partial charge is 0.382 e. The van der Waals surface area contributed by atoms with Gasteiger partial charge in [0.2, 0.25) is 10.0 Å². The number of nitrogens with one attached hydrogen (secondary N) is 1. The molecule has 19 heavy (non-hydrogen) atoms. The monoisotopic (exact) mass is 295 g/mol. The van der Waals surface area contributed by atoms with Crippen molar-refractivity contribution in [3.05, 3.63) is 29.8 Å². The first-order valence-electron chi connectivity index (χ1n) is 5.47. The van der Waals surface area contributed by atoms with Crippen molar-refractivity contribution in [3.63, 3.8) is 0 Å². The smallest absolute Gasteiger partial charge is 0.235 e. The van der Waals surface area contributed by atoms with Gasteiger partial charge in [-0.25, -0.2) is 17.2 Å². The predicted molar refractivity (Wildman–Crippen MR) is 66.5 cm³/mol. The molecule has 0 radical (unpaired) electrons. The van der Waals surface area contributed by atoms with E-state index in [-0.39, 0.29) is 24.7 Å². The zero-order chi connectivity index (χ0) is 14.3. The molecule has 0 heterocycles. The van der Waals surface area contributed by atoms with Crippen LogP contribution in [0.15, 0.2) is 18.2 Å². The third-order valence-corrected chi connectivity index (χ3v) is 3.37. The minimum Gasteiger partial charge on any atom is -0.382 e. The molecule has 0 aliphatic heterocycles. The molecule has 0 saturated carbocycles. The molecule has 0 spiro atoms. The Hall–Kier alpha value is -1.25. The van der Waals surface area contributed by atoms with Gasteiger partial charge in [0.05, 0.1) is 31.3 Å². The van der Waals surface area contributed by atoms with E-state index in [9.17, 15) is 17.2 Å². The first kappa shape index (κ1) is 15.8. The van der Waals surface area contributed by atoms with Gasteiger partial charge in [-0.05, 0) is 12.1 Å². The van der Waals surface area contributed by atoms with Crippen molar-refractivity contribution in [2.75, 3.05) is 37.4 Å². The Morgan fingerprint density at radius 2 is 1.89 bits per heavy atom. The molecule has 1 N–H and O–H groups in total. The van der Waals surface area contributed by atoms with Crippen LogP contribution in [0.4, 0.5) is 14.5 Å². The molecule has 0 aliphatic carbocycles. The zero-order valence-electron chi connectivity index (χ0n) is 10.4. The minimum atomic E-state index is -3.66. The molecule has 5 nitrogen and oxygen atoms in total. The molecule has 1 aromatic carbocycles. The molecule has 0 unspecified atom stereocenters. The number of sulfonamides is 1. The van der Waals surface area contributed by atoms with Crippen LogP contribution in [0.3, 0.4) is 0 Å². The molecular weight excluding hydrogens is 280 g/mol. The van der Waals surface area contributed by atoms with Crippen LogP contribution in [0.25, 0.3) is 0 Å². The number of hydrogen-bond donors (Lipinski definition) is 1. The minimum absolute atomic E-state index is 0.0115. The number of methoxy groups -OCH3 is 1. The summed E-state index contributed by atoms with van der Waals surface area (Å²) in [5, 5.41) is 0. The van der Waals surface area contributed by atoms with Crippen molar-refractivity contribution in [1.29, 1.82) is 0 Å². The Kier molecular flexibility index (Phi) is 6.13. The Bertz CT molecular complexity index is 507. The van der Waals surface area contributed by atoms with Crippen LogP contribution in [0.5, 0.6) is 0 Å². The van der Waals surface area contributed by atoms with Crippen LogP contribution in [-0.2, 0) is 19.5 Å². The standard InChI is InChI=1S/C11H15F2NO4S/c1-17-4-5-18-6-7-19(15,16)14-9-2-3-10(12)11(13)8-9/h2-3,8,14H,4-7H2,1H3. The molecule has 8 heteroatoms. The van der Waals surface area contributed by atoms with Gasteiger partial charge in [-0.2, -0.15) is 0 Å². The van der Waals surface area contributed by atoms with Gasteiger partial charge in [0.1, 0.15) is 0 Å². The van der Waals surface area contributed by atoms with Crippen LogP contribution in [0.2, 0.25) is 0 Å². The van der Waals surface area contributed by atoms with Crippen molar-refractivity contribution in [3.8, 4) is 0 Å². The van der Waals surface area contributed by atoms with Crippen molar-refractivity contribution >= 4 is 15.7 Å². The maximum absolute atomic E-state index is 12.9. The van der Waals surface area contributed by atoms with E-state index in [1.54, 1.807) is 0 Å². The summed E-state index contributed by atoms with van der Waals surface area (Å²) in [6, 6.07) is 2.77. The van der Waals surface area contributed by atoms with Crippen LogP contribution in [0.1, 0.15) is 0 Å². The molecule has 1 aromatic rings. The van der Waals surface area contributed by atoms with E-state index in [1.807, 2.05) is 0 Å². The fourth-order valence-corrected chi connectivity index (χ4v) is 2.13. The van der Waals surface area contributed by atoms with Crippen LogP contribution < -0.4 is 4.72 Å². The van der Waals surface area contributed by atoms with Gasteiger partial charge >= 0.3 is 0 Å². The molecule has 1 rings (SSSR count). The van der Waals surface area contributed by atoms with Crippen LogP contribution >= 0.6 is 0 Å². The summed E-state index contributed by atoms with van der Waals surface area (Å²) < 4.78 is 60.6. The highest BCUT2D eigenvalue weighted by molar-refractivity contribution is 7.92. The molecule has 0 atom stereocenters. The molecule has 0 aliphatic rings. The topological polar surface area (TPSA) is 64.6 Å². The Morgan fingerprint density at radius 3 is 2.53 bits per heavy atom. The lowest BCUT2D eigenvalue weighted by molar-refractivity contribution is 0.0785. The third kappa shape index (κ3) is 5.95.